The molecule has 1 aliphatic rings. The summed E-state index contributed by atoms with van der Waals surface area (Å²) >= 11 is 6.08. The first-order valence-corrected chi connectivity index (χ1v) is 19.8. The molecule has 4 aromatic heterocycles. The van der Waals surface area contributed by atoms with Gasteiger partial charge in [-0.15, -0.1) is 0 Å². The average Bonchev–Trinajstić information content (AvgIpc) is 3.54. The molecule has 0 bridgehead atoms. The summed E-state index contributed by atoms with van der Waals surface area (Å²) in [5, 5.41) is 3.62. The van der Waals surface area contributed by atoms with Gasteiger partial charge in [0.25, 0.3) is 5.91 Å². The van der Waals surface area contributed by atoms with Crippen LogP contribution in [0, 0.1) is 12.8 Å². The number of aryl methyl sites for hydroxylation is 1. The van der Waals surface area contributed by atoms with Gasteiger partial charge in [-0.05, 0) is 74.9 Å². The number of nitrogens with zero attached hydrogens (tertiary/aromatic N) is 5. The molecule has 1 saturated carbocycles. The molecule has 0 unspecified atom stereocenters. The lowest BCUT2D eigenvalue weighted by molar-refractivity contribution is 0.0902. The van der Waals surface area contributed by atoms with Gasteiger partial charge in [0.2, 0.25) is 0 Å². The first kappa shape index (κ1) is 31.3. The minimum absolute atomic E-state index is 0.0683. The van der Waals surface area contributed by atoms with Gasteiger partial charge in [0.15, 0.2) is 0 Å². The Bertz CT molecular complexity index is 1900. The Morgan fingerprint density at radius 2 is 1.78 bits per heavy atom. The van der Waals surface area contributed by atoms with Gasteiger partial charge in [-0.3, -0.25) is 23.9 Å². The van der Waals surface area contributed by atoms with E-state index in [9.17, 15) is 9.59 Å². The average molecular weight is 645 g/mol. The summed E-state index contributed by atoms with van der Waals surface area (Å²) in [6.45, 7) is 10.7. The molecular weight excluding hydrogens is 604 g/mol. The van der Waals surface area contributed by atoms with Crippen LogP contribution in [0.25, 0.3) is 27.8 Å². The Morgan fingerprint density at radius 3 is 2.53 bits per heavy atom. The van der Waals surface area contributed by atoms with Crippen molar-refractivity contribution in [2.24, 2.45) is 5.92 Å². The summed E-state index contributed by atoms with van der Waals surface area (Å²) in [7, 11) is -1.17. The van der Waals surface area contributed by atoms with Gasteiger partial charge >= 0.3 is 5.69 Å². The van der Waals surface area contributed by atoms with Crippen molar-refractivity contribution in [1.82, 2.24) is 29.0 Å². The SMILES string of the molecule is Cc1ncc(Cl)cc1C(=O)N[C@H]1CC[C@H](Cn2c(=O)n(-c3cnc4ccn(COCC[Si](C)(C)C)c4c3)c3ccccc32)CC1. The summed E-state index contributed by atoms with van der Waals surface area (Å²) in [5.74, 6) is 0.191. The number of carbonyl (C=O) groups is 1. The number of pyridine rings is 2. The Balaban J connectivity index is 1.18. The predicted molar refractivity (Wildman–Crippen MR) is 182 cm³/mol. The number of carbonyl (C=O) groups excluding carboxylic acids is 1. The second-order valence-corrected chi connectivity index (χ2v) is 19.5. The van der Waals surface area contributed by atoms with E-state index in [0.717, 1.165) is 66.1 Å². The van der Waals surface area contributed by atoms with Gasteiger partial charge in [0, 0.05) is 39.7 Å². The van der Waals surface area contributed by atoms with Gasteiger partial charge in [-0.1, -0.05) is 43.4 Å². The molecule has 45 heavy (non-hydrogen) atoms. The number of imidazole rings is 1. The highest BCUT2D eigenvalue weighted by atomic mass is 35.5. The van der Waals surface area contributed by atoms with E-state index < -0.39 is 8.07 Å². The molecule has 1 aromatic carbocycles. The summed E-state index contributed by atoms with van der Waals surface area (Å²) in [4.78, 5) is 35.9. The van der Waals surface area contributed by atoms with Crippen molar-refractivity contribution in [3.05, 3.63) is 87.8 Å². The molecule has 11 heteroatoms. The van der Waals surface area contributed by atoms with E-state index in [2.05, 4.69) is 34.5 Å². The van der Waals surface area contributed by atoms with Crippen LogP contribution in [0.15, 0.2) is 65.8 Å². The van der Waals surface area contributed by atoms with E-state index in [4.69, 9.17) is 21.3 Å². The third-order valence-electron chi connectivity index (χ3n) is 8.85. The number of nitrogens with one attached hydrogen (secondary N) is 1. The van der Waals surface area contributed by atoms with Crippen LogP contribution in [0.1, 0.15) is 41.7 Å². The van der Waals surface area contributed by atoms with Crippen molar-refractivity contribution in [1.29, 1.82) is 0 Å². The second-order valence-electron chi connectivity index (χ2n) is 13.4. The van der Waals surface area contributed by atoms with Crippen LogP contribution in [-0.4, -0.2) is 50.3 Å². The second kappa shape index (κ2) is 12.9. The van der Waals surface area contributed by atoms with Gasteiger partial charge < -0.3 is 14.6 Å². The van der Waals surface area contributed by atoms with Crippen LogP contribution in [0.4, 0.5) is 0 Å². The fourth-order valence-electron chi connectivity index (χ4n) is 6.21. The molecule has 4 heterocycles. The molecule has 0 spiro atoms. The number of halogens is 1. The van der Waals surface area contributed by atoms with E-state index in [1.165, 1.54) is 0 Å². The number of ether oxygens (including phenoxy) is 1. The maximum atomic E-state index is 14.0. The minimum atomic E-state index is -1.17. The molecule has 1 aliphatic carbocycles. The lowest BCUT2D eigenvalue weighted by Crippen LogP contribution is -2.39. The molecular formula is C34H41ClN6O3Si. The Hall–Kier alpha value is -3.73. The van der Waals surface area contributed by atoms with Gasteiger partial charge in [0.05, 0.1) is 50.2 Å². The standard InChI is InChI=1S/C34H41ClN6O3Si/c1-23-28(17-25(35)19-36-23)33(42)38-26-11-9-24(10-12-26)21-40-30-7-5-6-8-31(30)41(34(40)43)27-18-32-29(37-20-27)13-14-39(32)22-44-15-16-45(2,3)4/h5-8,13-14,17-20,24,26H,9-12,15-16,21-22H2,1-4H3,(H,38,42)/t24-,26-. The highest BCUT2D eigenvalue weighted by Gasteiger charge is 2.26. The van der Waals surface area contributed by atoms with E-state index in [-0.39, 0.29) is 17.6 Å². The van der Waals surface area contributed by atoms with Gasteiger partial charge in [-0.25, -0.2) is 4.79 Å². The number of aromatic nitrogens is 5. The van der Waals surface area contributed by atoms with Crippen molar-refractivity contribution < 1.29 is 9.53 Å². The largest absolute Gasteiger partial charge is 0.361 e. The molecule has 1 N–H and O–H groups in total. The number of hydrogen-bond acceptors (Lipinski definition) is 5. The lowest BCUT2D eigenvalue weighted by atomic mass is 9.85. The van der Waals surface area contributed by atoms with Crippen LogP contribution in [0.2, 0.25) is 30.7 Å². The molecule has 6 rings (SSSR count). The normalized spacial score (nSPS) is 17.3. The summed E-state index contributed by atoms with van der Waals surface area (Å²) in [6, 6.07) is 14.8. The molecule has 1 amide bonds. The number of hydrogen-bond donors (Lipinski definition) is 1. The third-order valence-corrected chi connectivity index (χ3v) is 10.8. The zero-order valence-electron chi connectivity index (χ0n) is 26.4. The first-order valence-electron chi connectivity index (χ1n) is 15.7. The summed E-state index contributed by atoms with van der Waals surface area (Å²) in [5.41, 5.74) is 5.42. The predicted octanol–water partition coefficient (Wildman–Crippen LogP) is 6.80. The number of fused-ring (bicyclic) bond motifs is 2. The lowest BCUT2D eigenvalue weighted by Gasteiger charge is -2.29. The summed E-state index contributed by atoms with van der Waals surface area (Å²) in [6.07, 6.45) is 8.88. The smallest absolute Gasteiger partial charge is 0.333 e. The van der Waals surface area contributed by atoms with E-state index in [1.54, 1.807) is 23.0 Å². The van der Waals surface area contributed by atoms with Crippen molar-refractivity contribution >= 4 is 47.6 Å². The monoisotopic (exact) mass is 644 g/mol. The first-order chi connectivity index (χ1) is 21.6. The van der Waals surface area contributed by atoms with Crippen molar-refractivity contribution in [2.75, 3.05) is 6.61 Å². The molecule has 9 nitrogen and oxygen atoms in total. The van der Waals surface area contributed by atoms with Crippen LogP contribution in [0.3, 0.4) is 0 Å². The number of benzene rings is 1. The molecule has 0 radical (unpaired) electrons. The molecule has 0 aliphatic heterocycles. The van der Waals surface area contributed by atoms with Gasteiger partial charge in [0.1, 0.15) is 6.73 Å². The van der Waals surface area contributed by atoms with E-state index in [1.807, 2.05) is 54.1 Å². The fraction of sp³-hybridized carbons (Fsp3) is 0.412. The van der Waals surface area contributed by atoms with Gasteiger partial charge in [-0.2, -0.15) is 0 Å². The van der Waals surface area contributed by atoms with Crippen LogP contribution in [-0.2, 0) is 18.0 Å². The van der Waals surface area contributed by atoms with Crippen LogP contribution in [0.5, 0.6) is 0 Å². The zero-order chi connectivity index (χ0) is 31.7. The fourth-order valence-corrected chi connectivity index (χ4v) is 7.13. The Kier molecular flexibility index (Phi) is 8.99. The maximum Gasteiger partial charge on any atom is 0.333 e. The number of para-hydroxylation sites is 2. The highest BCUT2D eigenvalue weighted by molar-refractivity contribution is 6.76. The highest BCUT2D eigenvalue weighted by Crippen LogP contribution is 2.28. The molecule has 0 saturated heterocycles. The number of amides is 1. The van der Waals surface area contributed by atoms with Crippen molar-refractivity contribution in [2.45, 2.75) is 77.6 Å². The van der Waals surface area contributed by atoms with Crippen LogP contribution >= 0.6 is 11.6 Å². The molecule has 1 fully saturated rings. The van der Waals surface area contributed by atoms with E-state index in [0.29, 0.717) is 35.5 Å². The minimum Gasteiger partial charge on any atom is -0.361 e. The topological polar surface area (TPSA) is 96.0 Å². The molecule has 236 valence electrons. The van der Waals surface area contributed by atoms with Crippen molar-refractivity contribution in [3.63, 3.8) is 0 Å². The Morgan fingerprint density at radius 1 is 1.02 bits per heavy atom. The van der Waals surface area contributed by atoms with Crippen molar-refractivity contribution in [3.8, 4) is 5.69 Å². The molecule has 0 atom stereocenters. The Labute approximate surface area is 269 Å². The molecule has 5 aromatic rings. The summed E-state index contributed by atoms with van der Waals surface area (Å²) < 4.78 is 11.8. The maximum absolute atomic E-state index is 14.0. The third kappa shape index (κ3) is 6.93. The number of rotatable bonds is 10. The van der Waals surface area contributed by atoms with E-state index >= 15 is 0 Å². The quantitative estimate of drug-likeness (QED) is 0.133. The zero-order valence-corrected chi connectivity index (χ0v) is 28.2. The van der Waals surface area contributed by atoms with Crippen LogP contribution < -0.4 is 11.0 Å².